The van der Waals surface area contributed by atoms with Crippen molar-refractivity contribution in [3.63, 3.8) is 0 Å². The van der Waals surface area contributed by atoms with E-state index in [1.807, 2.05) is 0 Å². The number of benzene rings is 1. The zero-order valence-corrected chi connectivity index (χ0v) is 11.9. The molecule has 6 heteroatoms. The molecule has 110 valence electrons. The SMILES string of the molecule is Cc1cc[n+](CCc2ccccc2)cc1.[O-][Cl+](O)(O)O. The van der Waals surface area contributed by atoms with Gasteiger partial charge in [-0.25, -0.2) is 4.57 Å². The van der Waals surface area contributed by atoms with Gasteiger partial charge in [0.2, 0.25) is 0 Å². The third-order valence-corrected chi connectivity index (χ3v) is 2.56. The molecule has 0 aliphatic rings. The molecule has 2 rings (SSSR count). The molecule has 1 aromatic heterocycles. The van der Waals surface area contributed by atoms with Gasteiger partial charge >= 0.3 is 28.9 Å². The Kier molecular flexibility index (Phi) is 6.57. The van der Waals surface area contributed by atoms with Crippen molar-refractivity contribution in [3.05, 3.63) is 66.0 Å². The van der Waals surface area contributed by atoms with Crippen LogP contribution in [0.5, 0.6) is 0 Å². The standard InChI is InChI=1S/C14H16N.ClH3O4/c1-13-7-10-15(11-8-13)12-9-14-5-3-2-4-6-14;2-1(3,4)5/h2-8,10-11H,9,12H2,1H3;2-4H/q+1;. The van der Waals surface area contributed by atoms with Crippen LogP contribution < -0.4 is 9.23 Å². The van der Waals surface area contributed by atoms with Crippen molar-refractivity contribution < 1.29 is 33.4 Å². The molecule has 20 heavy (non-hydrogen) atoms. The molecule has 0 amide bonds. The minimum atomic E-state index is -4.19. The van der Waals surface area contributed by atoms with Crippen LogP contribution in [0.25, 0.3) is 0 Å². The maximum atomic E-state index is 8.83. The van der Waals surface area contributed by atoms with Crippen LogP contribution in [0.3, 0.4) is 0 Å². The Bertz CT molecular complexity index is 491. The molecule has 1 aromatic carbocycles. The zero-order chi connectivity index (χ0) is 15.0. The molecule has 0 fully saturated rings. The van der Waals surface area contributed by atoms with E-state index in [0.717, 1.165) is 13.0 Å². The number of rotatable bonds is 3. The average molecular weight is 301 g/mol. The first-order valence-corrected chi connectivity index (χ1v) is 7.33. The Balaban J connectivity index is 0.000000347. The molecular weight excluding hydrogens is 282 g/mol. The summed E-state index contributed by atoms with van der Waals surface area (Å²) in [5, 5.41) is 0. The molecule has 3 N–H and O–H groups in total. The van der Waals surface area contributed by atoms with Gasteiger partial charge in [-0.2, -0.15) is 0 Å². The van der Waals surface area contributed by atoms with E-state index in [2.05, 4.69) is 66.3 Å². The summed E-state index contributed by atoms with van der Waals surface area (Å²) in [7, 11) is -4.19. The summed E-state index contributed by atoms with van der Waals surface area (Å²) in [6.45, 7) is 3.16. The molecule has 0 bridgehead atoms. The van der Waals surface area contributed by atoms with Crippen LogP contribution in [-0.4, -0.2) is 14.0 Å². The van der Waals surface area contributed by atoms with E-state index in [4.69, 9.17) is 18.6 Å². The summed E-state index contributed by atoms with van der Waals surface area (Å²) in [4.78, 5) is 0. The number of pyridine rings is 1. The molecule has 0 aliphatic heterocycles. The molecule has 0 saturated carbocycles. The Morgan fingerprint density at radius 1 is 1.00 bits per heavy atom. The van der Waals surface area contributed by atoms with Gasteiger partial charge in [0.1, 0.15) is 0 Å². The third kappa shape index (κ3) is 8.58. The van der Waals surface area contributed by atoms with Crippen molar-refractivity contribution in [1.82, 2.24) is 0 Å². The fourth-order valence-electron chi connectivity index (χ4n) is 1.58. The Labute approximate surface area is 120 Å². The van der Waals surface area contributed by atoms with Gasteiger partial charge in [0, 0.05) is 18.6 Å². The van der Waals surface area contributed by atoms with E-state index in [1.165, 1.54) is 11.1 Å². The number of aromatic nitrogens is 1. The van der Waals surface area contributed by atoms with Gasteiger partial charge in [-0.15, -0.1) is 0 Å². The summed E-state index contributed by atoms with van der Waals surface area (Å²) in [6.07, 6.45) is 5.37. The Hall–Kier alpha value is -1.50. The molecule has 0 atom stereocenters. The van der Waals surface area contributed by atoms with E-state index >= 15 is 0 Å². The molecule has 5 nitrogen and oxygen atoms in total. The number of halogens is 1. The van der Waals surface area contributed by atoms with Crippen LogP contribution in [0.15, 0.2) is 54.9 Å². The zero-order valence-electron chi connectivity index (χ0n) is 11.2. The van der Waals surface area contributed by atoms with E-state index in [9.17, 15) is 0 Å². The summed E-state index contributed by atoms with van der Waals surface area (Å²) in [6, 6.07) is 14.9. The van der Waals surface area contributed by atoms with Gasteiger partial charge in [0.25, 0.3) is 0 Å². The monoisotopic (exact) mass is 300 g/mol. The average Bonchev–Trinajstić information content (AvgIpc) is 2.37. The van der Waals surface area contributed by atoms with Crippen LogP contribution in [0, 0.1) is 17.2 Å². The second-order valence-corrected chi connectivity index (χ2v) is 5.15. The third-order valence-electron chi connectivity index (χ3n) is 2.56. The maximum absolute atomic E-state index is 8.83. The molecule has 2 aromatic rings. The number of aryl methyl sites for hydroxylation is 3. The first-order chi connectivity index (χ1) is 9.34. The second-order valence-electron chi connectivity index (χ2n) is 4.28. The summed E-state index contributed by atoms with van der Waals surface area (Å²) < 4.78 is 32.4. The molecular formula is C14H19ClNO4+. The van der Waals surface area contributed by atoms with E-state index in [-0.39, 0.29) is 0 Å². The van der Waals surface area contributed by atoms with Crippen LogP contribution in [-0.2, 0) is 13.0 Å². The fraction of sp³-hybridized carbons (Fsp3) is 0.214. The summed E-state index contributed by atoms with van der Waals surface area (Å²) in [5.74, 6) is 0. The molecule has 1 heterocycles. The summed E-state index contributed by atoms with van der Waals surface area (Å²) >= 11 is 0. The van der Waals surface area contributed by atoms with Crippen LogP contribution in [0.1, 0.15) is 11.1 Å². The van der Waals surface area contributed by atoms with Crippen molar-refractivity contribution in [3.8, 4) is 0 Å². The summed E-state index contributed by atoms with van der Waals surface area (Å²) in [5.41, 5.74) is 2.71. The molecule has 0 aliphatic carbocycles. The molecule has 0 radical (unpaired) electrons. The Morgan fingerprint density at radius 2 is 1.50 bits per heavy atom. The Morgan fingerprint density at radius 3 is 2.00 bits per heavy atom. The van der Waals surface area contributed by atoms with Gasteiger partial charge in [-0.05, 0) is 18.1 Å². The van der Waals surface area contributed by atoms with Crippen LogP contribution in [0.4, 0.5) is 0 Å². The minimum absolute atomic E-state index is 1.05. The quantitative estimate of drug-likeness (QED) is 0.677. The number of hydrogen-bond acceptors (Lipinski definition) is 4. The molecule has 0 unspecified atom stereocenters. The molecule has 0 saturated heterocycles. The van der Waals surface area contributed by atoms with Crippen molar-refractivity contribution >= 4 is 0 Å². The number of hydrogen-bond donors (Lipinski definition) is 3. The fourth-order valence-corrected chi connectivity index (χ4v) is 1.58. The molecule has 0 spiro atoms. The predicted octanol–water partition coefficient (Wildman–Crippen LogP) is -0.335. The first-order valence-electron chi connectivity index (χ1n) is 6.00. The van der Waals surface area contributed by atoms with Crippen molar-refractivity contribution in [2.75, 3.05) is 0 Å². The second kappa shape index (κ2) is 7.94. The first kappa shape index (κ1) is 16.6. The number of nitrogens with zero attached hydrogens (tertiary/aromatic N) is 1. The van der Waals surface area contributed by atoms with Crippen LogP contribution >= 0.6 is 0 Å². The van der Waals surface area contributed by atoms with Gasteiger partial charge < -0.3 is 0 Å². The van der Waals surface area contributed by atoms with Gasteiger partial charge in [0.05, 0.1) is 0 Å². The van der Waals surface area contributed by atoms with Gasteiger partial charge in [0.15, 0.2) is 18.9 Å². The normalized spacial score (nSPS) is 11.4. The van der Waals surface area contributed by atoms with Crippen LogP contribution in [0.2, 0.25) is 0 Å². The van der Waals surface area contributed by atoms with E-state index in [0.29, 0.717) is 0 Å². The van der Waals surface area contributed by atoms with Gasteiger partial charge in [-0.1, -0.05) is 30.3 Å². The van der Waals surface area contributed by atoms with Crippen molar-refractivity contribution in [2.24, 2.45) is 0 Å². The topological polar surface area (TPSA) is 87.6 Å². The van der Waals surface area contributed by atoms with Gasteiger partial charge in [-0.3, -0.25) is 0 Å². The van der Waals surface area contributed by atoms with E-state index in [1.54, 1.807) is 0 Å². The van der Waals surface area contributed by atoms with Crippen molar-refractivity contribution in [1.29, 1.82) is 0 Å². The van der Waals surface area contributed by atoms with E-state index < -0.39 is 10.2 Å². The van der Waals surface area contributed by atoms with Crippen molar-refractivity contribution in [2.45, 2.75) is 19.9 Å². The predicted molar refractivity (Wildman–Crippen MR) is 68.2 cm³/mol.